The zero-order valence-electron chi connectivity index (χ0n) is 23.9. The Labute approximate surface area is 232 Å². The van der Waals surface area contributed by atoms with Gasteiger partial charge in [0.15, 0.2) is 0 Å². The number of halogens is 2. The molecule has 2 heterocycles. The van der Waals surface area contributed by atoms with Crippen LogP contribution in [-0.2, 0) is 14.8 Å². The van der Waals surface area contributed by atoms with E-state index < -0.39 is 27.3 Å². The standard InChI is InChI=1S/C29H45F2N3O4S/c1-29(2,3)38-28(35)34(20-21-5-6-21)26-9-12-32(13-10-26)14-11-27(23-17-24(30)19-25(31)18-23)22-7-15-33(16-8-22)39(4,36)37/h17-19,21-22,26-27H,5-16,20H2,1-4H3. The van der Waals surface area contributed by atoms with Crippen LogP contribution in [0.5, 0.6) is 0 Å². The molecule has 0 aromatic heterocycles. The van der Waals surface area contributed by atoms with Crippen LogP contribution < -0.4 is 0 Å². The normalized spacial score (nSPS) is 21.6. The number of sulfonamides is 1. The number of amides is 1. The van der Waals surface area contributed by atoms with Crippen molar-refractivity contribution in [1.29, 1.82) is 0 Å². The summed E-state index contributed by atoms with van der Waals surface area (Å²) in [7, 11) is -3.25. The van der Waals surface area contributed by atoms with E-state index in [9.17, 15) is 22.0 Å². The van der Waals surface area contributed by atoms with Crippen molar-refractivity contribution in [2.45, 2.75) is 83.3 Å². The Hall–Kier alpha value is -1.78. The van der Waals surface area contributed by atoms with Crippen molar-refractivity contribution in [3.8, 4) is 0 Å². The third kappa shape index (κ3) is 8.85. The van der Waals surface area contributed by atoms with E-state index in [1.165, 1.54) is 35.5 Å². The molecule has 0 bridgehead atoms. The summed E-state index contributed by atoms with van der Waals surface area (Å²) in [6.45, 7) is 9.82. The van der Waals surface area contributed by atoms with Crippen LogP contribution in [0.15, 0.2) is 18.2 Å². The van der Waals surface area contributed by atoms with Crippen molar-refractivity contribution in [3.05, 3.63) is 35.4 Å². The predicted molar refractivity (Wildman–Crippen MR) is 148 cm³/mol. The van der Waals surface area contributed by atoms with Gasteiger partial charge in [0.2, 0.25) is 10.0 Å². The van der Waals surface area contributed by atoms with Crippen molar-refractivity contribution in [1.82, 2.24) is 14.1 Å². The van der Waals surface area contributed by atoms with E-state index in [-0.39, 0.29) is 24.0 Å². The summed E-state index contributed by atoms with van der Waals surface area (Å²) >= 11 is 0. The number of benzene rings is 1. The average molecular weight is 570 g/mol. The Bertz CT molecular complexity index is 1070. The topological polar surface area (TPSA) is 70.2 Å². The summed E-state index contributed by atoms with van der Waals surface area (Å²) in [5.41, 5.74) is 0.128. The quantitative estimate of drug-likeness (QED) is 0.408. The maximum absolute atomic E-state index is 14.2. The summed E-state index contributed by atoms with van der Waals surface area (Å²) in [4.78, 5) is 17.3. The van der Waals surface area contributed by atoms with Gasteiger partial charge in [-0.2, -0.15) is 0 Å². The maximum Gasteiger partial charge on any atom is 0.410 e. The van der Waals surface area contributed by atoms with Crippen LogP contribution in [0.25, 0.3) is 0 Å². The van der Waals surface area contributed by atoms with Crippen LogP contribution in [0.4, 0.5) is 13.6 Å². The lowest BCUT2D eigenvalue weighted by Gasteiger charge is -2.40. The number of carbonyl (C=O) groups is 1. The lowest BCUT2D eigenvalue weighted by atomic mass is 9.78. The Morgan fingerprint density at radius 1 is 1.00 bits per heavy atom. The van der Waals surface area contributed by atoms with Gasteiger partial charge in [0.1, 0.15) is 17.2 Å². The number of carbonyl (C=O) groups excluding carboxylic acids is 1. The summed E-state index contributed by atoms with van der Waals surface area (Å²) in [6, 6.07) is 3.92. The van der Waals surface area contributed by atoms with Gasteiger partial charge >= 0.3 is 6.09 Å². The lowest BCUT2D eigenvalue weighted by Crippen LogP contribution is -2.49. The van der Waals surface area contributed by atoms with Gasteiger partial charge < -0.3 is 14.5 Å². The average Bonchev–Trinajstić information content (AvgIpc) is 3.66. The second kappa shape index (κ2) is 12.4. The zero-order valence-corrected chi connectivity index (χ0v) is 24.7. The molecule has 3 fully saturated rings. The Kier molecular flexibility index (Phi) is 9.59. The van der Waals surface area contributed by atoms with Gasteiger partial charge in [-0.25, -0.2) is 26.3 Å². The van der Waals surface area contributed by atoms with Crippen LogP contribution in [0.3, 0.4) is 0 Å². The van der Waals surface area contributed by atoms with Gasteiger partial charge in [-0.15, -0.1) is 0 Å². The molecule has 1 aromatic rings. The van der Waals surface area contributed by atoms with Crippen LogP contribution in [-0.4, -0.2) is 85.8 Å². The van der Waals surface area contributed by atoms with Crippen molar-refractivity contribution >= 4 is 16.1 Å². The minimum Gasteiger partial charge on any atom is -0.444 e. The van der Waals surface area contributed by atoms with Crippen molar-refractivity contribution in [2.24, 2.45) is 11.8 Å². The number of rotatable bonds is 9. The molecule has 2 aliphatic heterocycles. The van der Waals surface area contributed by atoms with Gasteiger partial charge in [0.25, 0.3) is 0 Å². The van der Waals surface area contributed by atoms with E-state index in [4.69, 9.17) is 4.74 Å². The molecule has 1 amide bonds. The molecule has 220 valence electrons. The Balaban J connectivity index is 1.37. The number of nitrogens with zero attached hydrogens (tertiary/aromatic N) is 3. The van der Waals surface area contributed by atoms with Crippen LogP contribution in [0.2, 0.25) is 0 Å². The van der Waals surface area contributed by atoms with Crippen LogP contribution in [0, 0.1) is 23.5 Å². The summed E-state index contributed by atoms with van der Waals surface area (Å²) in [5.74, 6) is -0.479. The highest BCUT2D eigenvalue weighted by Gasteiger charge is 2.36. The molecule has 1 aliphatic carbocycles. The van der Waals surface area contributed by atoms with Gasteiger partial charge in [0.05, 0.1) is 6.26 Å². The third-order valence-electron chi connectivity index (χ3n) is 8.38. The first-order valence-corrected chi connectivity index (χ1v) is 16.3. The summed E-state index contributed by atoms with van der Waals surface area (Å²) in [6.07, 6.45) is 7.18. The minimum absolute atomic E-state index is 0.0530. The molecule has 1 saturated carbocycles. The molecule has 4 rings (SSSR count). The first kappa shape index (κ1) is 30.2. The van der Waals surface area contributed by atoms with Crippen LogP contribution in [0.1, 0.15) is 77.2 Å². The first-order chi connectivity index (χ1) is 18.3. The van der Waals surface area contributed by atoms with E-state index in [1.807, 2.05) is 25.7 Å². The highest BCUT2D eigenvalue weighted by Crippen LogP contribution is 2.37. The molecule has 1 atom stereocenters. The SMILES string of the molecule is CC(C)(C)OC(=O)N(CC1CC1)C1CCN(CCC(c2cc(F)cc(F)c2)C2CCN(S(C)(=O)=O)CC2)CC1. The van der Waals surface area contributed by atoms with Gasteiger partial charge in [-0.05, 0) is 108 Å². The molecule has 0 radical (unpaired) electrons. The molecule has 10 heteroatoms. The first-order valence-electron chi connectivity index (χ1n) is 14.4. The molecule has 1 unspecified atom stereocenters. The second-order valence-electron chi connectivity index (χ2n) is 12.7. The molecule has 3 aliphatic rings. The summed E-state index contributed by atoms with van der Waals surface area (Å²) in [5, 5.41) is 0. The van der Waals surface area contributed by atoms with E-state index in [2.05, 4.69) is 4.90 Å². The van der Waals surface area contributed by atoms with Crippen molar-refractivity contribution in [3.63, 3.8) is 0 Å². The molecular formula is C29H45F2N3O4S. The molecule has 0 spiro atoms. The van der Waals surface area contributed by atoms with E-state index >= 15 is 0 Å². The Morgan fingerprint density at radius 2 is 1.59 bits per heavy atom. The highest BCUT2D eigenvalue weighted by molar-refractivity contribution is 7.88. The summed E-state index contributed by atoms with van der Waals surface area (Å²) < 4.78 is 59.5. The fourth-order valence-electron chi connectivity index (χ4n) is 6.12. The molecular weight excluding hydrogens is 524 g/mol. The molecule has 1 aromatic carbocycles. The number of ether oxygens (including phenoxy) is 1. The lowest BCUT2D eigenvalue weighted by molar-refractivity contribution is 0.00669. The number of piperidine rings is 2. The van der Waals surface area contributed by atoms with Crippen molar-refractivity contribution in [2.75, 3.05) is 45.5 Å². The zero-order chi connectivity index (χ0) is 28.4. The molecule has 2 saturated heterocycles. The van der Waals surface area contributed by atoms with Gasteiger partial charge in [-0.1, -0.05) is 0 Å². The number of hydrogen-bond acceptors (Lipinski definition) is 5. The number of likely N-dealkylation sites (tertiary alicyclic amines) is 1. The van der Waals surface area contributed by atoms with Crippen LogP contribution >= 0.6 is 0 Å². The van der Waals surface area contributed by atoms with Crippen molar-refractivity contribution < 1.29 is 26.7 Å². The van der Waals surface area contributed by atoms with Gasteiger partial charge in [-0.3, -0.25) is 0 Å². The van der Waals surface area contributed by atoms with E-state index in [0.29, 0.717) is 37.4 Å². The molecule has 39 heavy (non-hydrogen) atoms. The maximum atomic E-state index is 14.2. The predicted octanol–water partition coefficient (Wildman–Crippen LogP) is 5.22. The smallest absolute Gasteiger partial charge is 0.410 e. The minimum atomic E-state index is -3.25. The molecule has 0 N–H and O–H groups in total. The van der Waals surface area contributed by atoms with E-state index in [0.717, 1.165) is 51.5 Å². The fraction of sp³-hybridized carbons (Fsp3) is 0.759. The van der Waals surface area contributed by atoms with Gasteiger partial charge in [0, 0.05) is 44.8 Å². The Morgan fingerprint density at radius 3 is 2.10 bits per heavy atom. The fourth-order valence-corrected chi connectivity index (χ4v) is 7.00. The third-order valence-corrected chi connectivity index (χ3v) is 9.69. The monoisotopic (exact) mass is 569 g/mol. The second-order valence-corrected chi connectivity index (χ2v) is 14.7. The largest absolute Gasteiger partial charge is 0.444 e. The highest BCUT2D eigenvalue weighted by atomic mass is 32.2. The van der Waals surface area contributed by atoms with E-state index in [1.54, 1.807) is 0 Å². The number of hydrogen-bond donors (Lipinski definition) is 0. The molecule has 7 nitrogen and oxygen atoms in total.